The van der Waals surface area contributed by atoms with Crippen LogP contribution in [0.15, 0.2) is 24.3 Å². The van der Waals surface area contributed by atoms with E-state index in [0.29, 0.717) is 30.0 Å². The van der Waals surface area contributed by atoms with Gasteiger partial charge in [-0.05, 0) is 37.7 Å². The number of carbonyl (C=O) groups is 1. The van der Waals surface area contributed by atoms with Gasteiger partial charge in [0.25, 0.3) is 0 Å². The maximum atomic E-state index is 13.4. The van der Waals surface area contributed by atoms with Crippen molar-refractivity contribution in [3.05, 3.63) is 35.6 Å². The third-order valence-corrected chi connectivity index (χ3v) is 4.48. The van der Waals surface area contributed by atoms with E-state index in [-0.39, 0.29) is 30.7 Å². The van der Waals surface area contributed by atoms with Crippen molar-refractivity contribution in [1.82, 2.24) is 10.6 Å². The Morgan fingerprint density at radius 1 is 1.24 bits per heavy atom. The zero-order valence-corrected chi connectivity index (χ0v) is 12.8. The SMILES string of the molecule is Cl.O=C(CC1CC2CCC(C1)N2)NCc1ccccc1F. The normalized spacial score (nSPS) is 27.0. The molecule has 21 heavy (non-hydrogen) atoms. The highest BCUT2D eigenvalue weighted by atomic mass is 35.5. The summed E-state index contributed by atoms with van der Waals surface area (Å²) in [6.45, 7) is 0.281. The van der Waals surface area contributed by atoms with E-state index in [1.807, 2.05) is 0 Å². The van der Waals surface area contributed by atoms with Gasteiger partial charge >= 0.3 is 0 Å². The van der Waals surface area contributed by atoms with Gasteiger partial charge in [0.05, 0.1) is 0 Å². The molecule has 2 aliphatic heterocycles. The van der Waals surface area contributed by atoms with Crippen molar-refractivity contribution in [3.8, 4) is 0 Å². The van der Waals surface area contributed by atoms with E-state index < -0.39 is 0 Å². The monoisotopic (exact) mass is 312 g/mol. The minimum absolute atomic E-state index is 0. The number of hydrogen-bond acceptors (Lipinski definition) is 2. The second-order valence-electron chi connectivity index (χ2n) is 6.05. The molecule has 0 aliphatic carbocycles. The van der Waals surface area contributed by atoms with Crippen molar-refractivity contribution in [3.63, 3.8) is 0 Å². The maximum Gasteiger partial charge on any atom is 0.220 e. The lowest BCUT2D eigenvalue weighted by Crippen LogP contribution is -2.39. The van der Waals surface area contributed by atoms with Gasteiger partial charge in [-0.2, -0.15) is 0 Å². The van der Waals surface area contributed by atoms with Gasteiger partial charge in [-0.15, -0.1) is 12.4 Å². The van der Waals surface area contributed by atoms with Crippen LogP contribution in [0.2, 0.25) is 0 Å². The Morgan fingerprint density at radius 2 is 1.90 bits per heavy atom. The first-order chi connectivity index (χ1) is 9.70. The van der Waals surface area contributed by atoms with Gasteiger partial charge in [-0.3, -0.25) is 4.79 Å². The van der Waals surface area contributed by atoms with E-state index in [0.717, 1.165) is 12.8 Å². The van der Waals surface area contributed by atoms with Crippen molar-refractivity contribution >= 4 is 18.3 Å². The van der Waals surface area contributed by atoms with Crippen LogP contribution in [0.1, 0.15) is 37.7 Å². The molecule has 0 saturated carbocycles. The highest BCUT2D eigenvalue weighted by molar-refractivity contribution is 5.85. The molecular weight excluding hydrogens is 291 g/mol. The number of carbonyl (C=O) groups excluding carboxylic acids is 1. The Kier molecular flexibility index (Phi) is 5.59. The lowest BCUT2D eigenvalue weighted by molar-refractivity contribution is -0.122. The van der Waals surface area contributed by atoms with Crippen LogP contribution in [0, 0.1) is 11.7 Å². The second-order valence-corrected chi connectivity index (χ2v) is 6.05. The molecule has 1 aromatic carbocycles. The summed E-state index contributed by atoms with van der Waals surface area (Å²) in [6, 6.07) is 7.80. The molecule has 3 nitrogen and oxygen atoms in total. The van der Waals surface area contributed by atoms with Crippen LogP contribution in [0.3, 0.4) is 0 Å². The molecule has 1 amide bonds. The van der Waals surface area contributed by atoms with Crippen molar-refractivity contribution < 1.29 is 9.18 Å². The van der Waals surface area contributed by atoms with E-state index in [1.165, 1.54) is 18.9 Å². The molecule has 2 heterocycles. The predicted octanol–water partition coefficient (Wildman–Crippen LogP) is 2.78. The number of hydrogen-bond donors (Lipinski definition) is 2. The van der Waals surface area contributed by atoms with E-state index in [4.69, 9.17) is 0 Å². The lowest BCUT2D eigenvalue weighted by atomic mass is 9.89. The smallest absolute Gasteiger partial charge is 0.220 e. The second kappa shape index (κ2) is 7.23. The molecule has 2 aliphatic rings. The van der Waals surface area contributed by atoms with Gasteiger partial charge in [0.15, 0.2) is 0 Å². The third-order valence-electron chi connectivity index (χ3n) is 4.48. The number of nitrogens with one attached hydrogen (secondary N) is 2. The minimum atomic E-state index is -0.257. The minimum Gasteiger partial charge on any atom is -0.352 e. The fourth-order valence-electron chi connectivity index (χ4n) is 3.51. The van der Waals surface area contributed by atoms with Gasteiger partial charge in [0, 0.05) is 30.6 Å². The quantitative estimate of drug-likeness (QED) is 0.897. The highest BCUT2D eigenvalue weighted by Crippen LogP contribution is 2.32. The summed E-state index contributed by atoms with van der Waals surface area (Å²) in [5.41, 5.74) is 0.547. The molecular formula is C16H22ClFN2O. The van der Waals surface area contributed by atoms with Crippen molar-refractivity contribution in [2.75, 3.05) is 0 Å². The average molecular weight is 313 g/mol. The zero-order valence-electron chi connectivity index (χ0n) is 12.0. The molecule has 5 heteroatoms. The fourth-order valence-corrected chi connectivity index (χ4v) is 3.51. The number of piperidine rings is 1. The fraction of sp³-hybridized carbons (Fsp3) is 0.562. The predicted molar refractivity (Wildman–Crippen MR) is 82.8 cm³/mol. The van der Waals surface area contributed by atoms with E-state index in [2.05, 4.69) is 10.6 Å². The van der Waals surface area contributed by atoms with Crippen LogP contribution in [0.5, 0.6) is 0 Å². The molecule has 0 aromatic heterocycles. The molecule has 116 valence electrons. The van der Waals surface area contributed by atoms with E-state index in [1.54, 1.807) is 18.2 Å². The van der Waals surface area contributed by atoms with Crippen LogP contribution in [-0.4, -0.2) is 18.0 Å². The largest absolute Gasteiger partial charge is 0.352 e. The number of halogens is 2. The Morgan fingerprint density at radius 3 is 2.57 bits per heavy atom. The standard InChI is InChI=1S/C16H21FN2O.ClH/c17-15-4-2-1-3-12(15)10-18-16(20)9-11-7-13-5-6-14(8-11)19-13;/h1-4,11,13-14,19H,5-10H2,(H,18,20);1H. The summed E-state index contributed by atoms with van der Waals surface area (Å²) < 4.78 is 13.4. The first kappa shape index (κ1) is 16.2. The van der Waals surface area contributed by atoms with Gasteiger partial charge in [0.2, 0.25) is 5.91 Å². The van der Waals surface area contributed by atoms with Gasteiger partial charge < -0.3 is 10.6 Å². The Labute approximate surface area is 131 Å². The average Bonchev–Trinajstić information content (AvgIpc) is 2.77. The van der Waals surface area contributed by atoms with E-state index >= 15 is 0 Å². The summed E-state index contributed by atoms with van der Waals surface area (Å²) in [4.78, 5) is 12.0. The van der Waals surface area contributed by atoms with Gasteiger partial charge in [-0.25, -0.2) is 4.39 Å². The first-order valence-corrected chi connectivity index (χ1v) is 7.47. The molecule has 1 aromatic rings. The van der Waals surface area contributed by atoms with Crippen molar-refractivity contribution in [2.24, 2.45) is 5.92 Å². The van der Waals surface area contributed by atoms with Gasteiger partial charge in [0.1, 0.15) is 5.82 Å². The summed E-state index contributed by atoms with van der Waals surface area (Å²) in [6.07, 6.45) is 5.27. The van der Waals surface area contributed by atoms with Crippen LogP contribution in [0.25, 0.3) is 0 Å². The molecule has 2 N–H and O–H groups in total. The summed E-state index contributed by atoms with van der Waals surface area (Å²) in [5, 5.41) is 6.42. The number of amides is 1. The summed E-state index contributed by atoms with van der Waals surface area (Å²) in [5.74, 6) is 0.265. The van der Waals surface area contributed by atoms with Gasteiger partial charge in [-0.1, -0.05) is 18.2 Å². The van der Waals surface area contributed by atoms with Crippen LogP contribution >= 0.6 is 12.4 Å². The lowest BCUT2D eigenvalue weighted by Gasteiger charge is -2.28. The molecule has 2 saturated heterocycles. The summed E-state index contributed by atoms with van der Waals surface area (Å²) >= 11 is 0. The molecule has 3 rings (SSSR count). The van der Waals surface area contributed by atoms with Crippen LogP contribution in [-0.2, 0) is 11.3 Å². The van der Waals surface area contributed by atoms with E-state index in [9.17, 15) is 9.18 Å². The Bertz CT molecular complexity index is 485. The highest BCUT2D eigenvalue weighted by Gasteiger charge is 2.34. The van der Waals surface area contributed by atoms with Crippen LogP contribution < -0.4 is 10.6 Å². The first-order valence-electron chi connectivity index (χ1n) is 7.47. The van der Waals surface area contributed by atoms with Crippen LogP contribution in [0.4, 0.5) is 4.39 Å². The maximum absolute atomic E-state index is 13.4. The molecule has 2 unspecified atom stereocenters. The topological polar surface area (TPSA) is 41.1 Å². The number of benzene rings is 1. The number of fused-ring (bicyclic) bond motifs is 2. The van der Waals surface area contributed by atoms with Crippen molar-refractivity contribution in [1.29, 1.82) is 0 Å². The molecule has 0 spiro atoms. The number of rotatable bonds is 4. The Hall–Kier alpha value is -1.13. The molecule has 0 radical (unpaired) electrons. The molecule has 2 atom stereocenters. The zero-order chi connectivity index (χ0) is 13.9. The summed E-state index contributed by atoms with van der Waals surface area (Å²) in [7, 11) is 0. The van der Waals surface area contributed by atoms with Crippen molar-refractivity contribution in [2.45, 2.75) is 50.7 Å². The Balaban J connectivity index is 0.00000161. The molecule has 2 bridgehead atoms. The third kappa shape index (κ3) is 4.17. The molecule has 2 fully saturated rings.